The second-order valence-electron chi connectivity index (χ2n) is 2.75. The number of benzene rings is 1. The molecule has 15 heavy (non-hydrogen) atoms. The van der Waals surface area contributed by atoms with Crippen LogP contribution in [0.1, 0.15) is 13.8 Å². The Morgan fingerprint density at radius 1 is 1.27 bits per heavy atom. The minimum absolute atomic E-state index is 0.709. The predicted molar refractivity (Wildman–Crippen MR) is 60.0 cm³/mol. The van der Waals surface area contributed by atoms with Crippen LogP contribution >= 0.6 is 0 Å². The van der Waals surface area contributed by atoms with E-state index in [1.165, 1.54) is 0 Å². The van der Waals surface area contributed by atoms with E-state index in [0.717, 1.165) is 5.56 Å². The van der Waals surface area contributed by atoms with Crippen LogP contribution < -0.4 is 5.73 Å². The summed E-state index contributed by atoms with van der Waals surface area (Å²) in [5, 5.41) is 11.2. The van der Waals surface area contributed by atoms with Gasteiger partial charge in [0.15, 0.2) is 5.82 Å². The molecule has 1 aromatic heterocycles. The molecule has 0 aliphatic carbocycles. The molecule has 5 nitrogen and oxygen atoms in total. The van der Waals surface area contributed by atoms with Crippen molar-refractivity contribution in [1.29, 1.82) is 0 Å². The van der Waals surface area contributed by atoms with Crippen LogP contribution in [-0.4, -0.2) is 20.2 Å². The Hall–Kier alpha value is -1.91. The van der Waals surface area contributed by atoms with E-state index >= 15 is 0 Å². The normalized spacial score (nSPS) is 9.27. The van der Waals surface area contributed by atoms with Crippen molar-refractivity contribution in [2.24, 2.45) is 7.05 Å². The van der Waals surface area contributed by atoms with Gasteiger partial charge in [-0.3, -0.25) is 0 Å². The van der Waals surface area contributed by atoms with E-state index in [4.69, 9.17) is 5.73 Å². The van der Waals surface area contributed by atoms with E-state index in [2.05, 4.69) is 15.5 Å². The molecule has 0 unspecified atom stereocenters. The number of aryl methyl sites for hydroxylation is 1. The van der Waals surface area contributed by atoms with Crippen molar-refractivity contribution in [1.82, 2.24) is 20.2 Å². The van der Waals surface area contributed by atoms with E-state index in [-0.39, 0.29) is 0 Å². The molecular weight excluding hydrogens is 190 g/mol. The minimum Gasteiger partial charge on any atom is -0.399 e. The lowest BCUT2D eigenvalue weighted by molar-refractivity contribution is 0.715. The number of nitrogens with two attached hydrogens (primary N) is 1. The third-order valence-electron chi connectivity index (χ3n) is 1.76. The van der Waals surface area contributed by atoms with Gasteiger partial charge in [0.05, 0.1) is 0 Å². The number of anilines is 1. The molecule has 0 aliphatic rings. The minimum atomic E-state index is 0.709. The quantitative estimate of drug-likeness (QED) is 0.716. The fraction of sp³-hybridized carbons (Fsp3) is 0.300. The van der Waals surface area contributed by atoms with Crippen LogP contribution in [0.4, 0.5) is 5.69 Å². The van der Waals surface area contributed by atoms with Crippen LogP contribution in [0.15, 0.2) is 24.3 Å². The molecule has 0 saturated heterocycles. The summed E-state index contributed by atoms with van der Waals surface area (Å²) in [6.07, 6.45) is 0. The average molecular weight is 205 g/mol. The topological polar surface area (TPSA) is 69.6 Å². The lowest BCUT2D eigenvalue weighted by atomic mass is 10.2. The monoisotopic (exact) mass is 205 g/mol. The number of hydrogen-bond donors (Lipinski definition) is 1. The summed E-state index contributed by atoms with van der Waals surface area (Å²) < 4.78 is 1.61. The van der Waals surface area contributed by atoms with Crippen LogP contribution in [0.5, 0.6) is 0 Å². The summed E-state index contributed by atoms with van der Waals surface area (Å²) in [4.78, 5) is 0. The Bertz CT molecular complexity index is 421. The molecule has 0 spiro atoms. The molecule has 80 valence electrons. The fourth-order valence-electron chi connectivity index (χ4n) is 1.15. The van der Waals surface area contributed by atoms with Crippen LogP contribution in [0.2, 0.25) is 0 Å². The standard InChI is InChI=1S/C8H9N5.C2H6/c1-13-8(10-11-12-13)6-3-2-4-7(9)5-6;1-2/h2-5H,9H2,1H3;1-2H3. The number of nitrogen functional groups attached to an aromatic ring is 1. The molecule has 2 rings (SSSR count). The zero-order valence-corrected chi connectivity index (χ0v) is 9.18. The summed E-state index contributed by atoms with van der Waals surface area (Å²) >= 11 is 0. The molecule has 5 heteroatoms. The van der Waals surface area contributed by atoms with Crippen molar-refractivity contribution in [3.05, 3.63) is 24.3 Å². The summed E-state index contributed by atoms with van der Waals surface area (Å²) in [6, 6.07) is 7.46. The average Bonchev–Trinajstić information content (AvgIpc) is 2.67. The predicted octanol–water partition coefficient (Wildman–Crippen LogP) is 1.49. The van der Waals surface area contributed by atoms with E-state index in [1.807, 2.05) is 38.1 Å². The number of aromatic nitrogens is 4. The molecule has 2 aromatic rings. The Morgan fingerprint density at radius 2 is 2.00 bits per heavy atom. The molecule has 1 heterocycles. The van der Waals surface area contributed by atoms with Crippen molar-refractivity contribution in [3.63, 3.8) is 0 Å². The Labute approximate surface area is 88.9 Å². The van der Waals surface area contributed by atoms with Gasteiger partial charge < -0.3 is 5.73 Å². The van der Waals surface area contributed by atoms with Gasteiger partial charge in [0.25, 0.3) is 0 Å². The van der Waals surface area contributed by atoms with Gasteiger partial charge in [-0.05, 0) is 22.6 Å². The van der Waals surface area contributed by atoms with Gasteiger partial charge in [0, 0.05) is 18.3 Å². The highest BCUT2D eigenvalue weighted by molar-refractivity contribution is 5.60. The highest BCUT2D eigenvalue weighted by Gasteiger charge is 2.04. The molecule has 1 aromatic carbocycles. The lowest BCUT2D eigenvalue weighted by Gasteiger charge is -1.99. The first-order valence-corrected chi connectivity index (χ1v) is 4.85. The van der Waals surface area contributed by atoms with E-state index in [1.54, 1.807) is 11.7 Å². The van der Waals surface area contributed by atoms with Gasteiger partial charge in [-0.1, -0.05) is 26.0 Å². The number of hydrogen-bond acceptors (Lipinski definition) is 4. The molecule has 0 atom stereocenters. The summed E-state index contributed by atoms with van der Waals surface area (Å²) in [5.41, 5.74) is 7.27. The molecular formula is C10H15N5. The molecule has 0 saturated carbocycles. The first kappa shape index (κ1) is 11.2. The van der Waals surface area contributed by atoms with Gasteiger partial charge in [-0.2, -0.15) is 0 Å². The maximum atomic E-state index is 5.64. The zero-order valence-electron chi connectivity index (χ0n) is 9.18. The van der Waals surface area contributed by atoms with Gasteiger partial charge in [0.1, 0.15) is 0 Å². The molecule has 0 fully saturated rings. The second-order valence-corrected chi connectivity index (χ2v) is 2.75. The van der Waals surface area contributed by atoms with Crippen molar-refractivity contribution < 1.29 is 0 Å². The second kappa shape index (κ2) is 5.09. The van der Waals surface area contributed by atoms with E-state index < -0.39 is 0 Å². The zero-order chi connectivity index (χ0) is 11.3. The maximum Gasteiger partial charge on any atom is 0.181 e. The fourth-order valence-corrected chi connectivity index (χ4v) is 1.15. The van der Waals surface area contributed by atoms with Crippen LogP contribution in [-0.2, 0) is 7.05 Å². The van der Waals surface area contributed by atoms with Crippen LogP contribution in [0.3, 0.4) is 0 Å². The number of nitrogens with zero attached hydrogens (tertiary/aromatic N) is 4. The van der Waals surface area contributed by atoms with Crippen molar-refractivity contribution in [2.45, 2.75) is 13.8 Å². The van der Waals surface area contributed by atoms with Crippen LogP contribution in [0.25, 0.3) is 11.4 Å². The summed E-state index contributed by atoms with van der Waals surface area (Å²) in [5.74, 6) is 0.715. The highest BCUT2D eigenvalue weighted by Crippen LogP contribution is 2.16. The van der Waals surface area contributed by atoms with E-state index in [9.17, 15) is 0 Å². The van der Waals surface area contributed by atoms with Gasteiger partial charge in [-0.25, -0.2) is 4.68 Å². The summed E-state index contributed by atoms with van der Waals surface area (Å²) in [6.45, 7) is 4.00. The molecule has 0 amide bonds. The highest BCUT2D eigenvalue weighted by atomic mass is 15.5. The van der Waals surface area contributed by atoms with Crippen molar-refractivity contribution >= 4 is 5.69 Å². The smallest absolute Gasteiger partial charge is 0.181 e. The third kappa shape index (κ3) is 2.52. The molecule has 0 radical (unpaired) electrons. The van der Waals surface area contributed by atoms with Crippen LogP contribution in [0, 0.1) is 0 Å². The SMILES string of the molecule is CC.Cn1nnnc1-c1cccc(N)c1. The van der Waals surface area contributed by atoms with Gasteiger partial charge in [0.2, 0.25) is 0 Å². The number of rotatable bonds is 1. The van der Waals surface area contributed by atoms with E-state index in [0.29, 0.717) is 11.5 Å². The third-order valence-corrected chi connectivity index (χ3v) is 1.76. The number of tetrazole rings is 1. The molecule has 0 bridgehead atoms. The Balaban J connectivity index is 0.000000531. The van der Waals surface area contributed by atoms with Gasteiger partial charge >= 0.3 is 0 Å². The molecule has 0 aliphatic heterocycles. The first-order chi connectivity index (χ1) is 7.27. The lowest BCUT2D eigenvalue weighted by Crippen LogP contribution is -1.95. The van der Waals surface area contributed by atoms with Gasteiger partial charge in [-0.15, -0.1) is 5.10 Å². The van der Waals surface area contributed by atoms with Crippen molar-refractivity contribution in [2.75, 3.05) is 5.73 Å². The maximum absolute atomic E-state index is 5.64. The molecule has 2 N–H and O–H groups in total. The largest absolute Gasteiger partial charge is 0.399 e. The van der Waals surface area contributed by atoms with Crippen molar-refractivity contribution in [3.8, 4) is 11.4 Å². The Kier molecular flexibility index (Phi) is 3.79. The Morgan fingerprint density at radius 3 is 2.53 bits per heavy atom. The summed E-state index contributed by atoms with van der Waals surface area (Å²) in [7, 11) is 1.79. The first-order valence-electron chi connectivity index (χ1n) is 4.85.